The average molecular weight is 545 g/mol. The molecule has 0 saturated carbocycles. The Labute approximate surface area is 239 Å². The van der Waals surface area contributed by atoms with E-state index in [1.54, 1.807) is 4.90 Å². The van der Waals surface area contributed by atoms with Gasteiger partial charge < -0.3 is 19.6 Å². The number of rotatable bonds is 7. The number of para-hydroxylation sites is 1. The number of amides is 2. The highest BCUT2D eigenvalue weighted by Crippen LogP contribution is 2.31. The number of anilines is 1. The first-order valence-electron chi connectivity index (χ1n) is 14.0. The molecule has 1 saturated heterocycles. The molecule has 1 N–H and O–H groups in total. The summed E-state index contributed by atoms with van der Waals surface area (Å²) in [7, 11) is 0. The Hall–Kier alpha value is -4.91. The Balaban J connectivity index is 1.27. The third-order valence-electron chi connectivity index (χ3n) is 7.64. The van der Waals surface area contributed by atoms with Gasteiger partial charge in [0.1, 0.15) is 12.6 Å². The van der Waals surface area contributed by atoms with Gasteiger partial charge in [-0.2, -0.15) is 0 Å². The van der Waals surface area contributed by atoms with Crippen molar-refractivity contribution in [3.05, 3.63) is 103 Å². The third-order valence-corrected chi connectivity index (χ3v) is 7.64. The van der Waals surface area contributed by atoms with Gasteiger partial charge in [0.05, 0.1) is 12.3 Å². The zero-order valence-corrected chi connectivity index (χ0v) is 23.2. The largest absolute Gasteiger partial charge is 0.396 e. The fraction of sp³-hybridized carbons (Fsp3) is 0.206. The summed E-state index contributed by atoms with van der Waals surface area (Å²) >= 11 is 0. The lowest BCUT2D eigenvalue weighted by Gasteiger charge is -2.23. The summed E-state index contributed by atoms with van der Waals surface area (Å²) in [6, 6.07) is 31.1. The zero-order chi connectivity index (χ0) is 28.3. The van der Waals surface area contributed by atoms with Gasteiger partial charge in [-0.05, 0) is 61.4 Å². The third kappa shape index (κ3) is 5.07. The topological polar surface area (TPSA) is 75.9 Å². The molecule has 0 bridgehead atoms. The number of carbonyl (C=O) groups excluding carboxylic acids is 2. The van der Waals surface area contributed by atoms with Crippen LogP contribution in [0.2, 0.25) is 0 Å². The maximum absolute atomic E-state index is 13.7. The number of aryl methyl sites for hydroxylation is 1. The first-order valence-corrected chi connectivity index (χ1v) is 14.0. The van der Waals surface area contributed by atoms with Gasteiger partial charge in [-0.15, -0.1) is 0 Å². The van der Waals surface area contributed by atoms with Crippen molar-refractivity contribution in [1.29, 1.82) is 0 Å². The van der Waals surface area contributed by atoms with Gasteiger partial charge in [0.25, 0.3) is 5.91 Å². The number of hydrogen-bond acceptors (Lipinski definition) is 4. The summed E-state index contributed by atoms with van der Waals surface area (Å²) in [6.45, 7) is 5.49. The van der Waals surface area contributed by atoms with Crippen molar-refractivity contribution in [2.45, 2.75) is 32.9 Å². The maximum Gasteiger partial charge on any atom is 0.254 e. The molecule has 7 heteroatoms. The maximum atomic E-state index is 13.7. The molecule has 1 aliphatic heterocycles. The number of fused-ring (bicyclic) bond motifs is 3. The Morgan fingerprint density at radius 1 is 0.854 bits per heavy atom. The number of carbonyl (C=O) groups is 2. The number of likely N-dealkylation sites (tertiary alicyclic amines) is 1. The minimum absolute atomic E-state index is 0.215. The van der Waals surface area contributed by atoms with Crippen molar-refractivity contribution < 1.29 is 14.4 Å². The second kappa shape index (κ2) is 11.3. The molecule has 0 spiro atoms. The first-order chi connectivity index (χ1) is 20.1. The van der Waals surface area contributed by atoms with E-state index >= 15 is 0 Å². The molecular weight excluding hydrogens is 512 g/mol. The minimum atomic E-state index is -0.705. The Bertz CT molecular complexity index is 1760. The van der Waals surface area contributed by atoms with Crippen LogP contribution in [0.3, 0.4) is 0 Å². The lowest BCUT2D eigenvalue weighted by atomic mass is 10.0. The van der Waals surface area contributed by atoms with E-state index in [-0.39, 0.29) is 18.4 Å². The molecule has 1 aromatic heterocycles. The smallest absolute Gasteiger partial charge is 0.254 e. The van der Waals surface area contributed by atoms with Crippen molar-refractivity contribution in [3.63, 3.8) is 0 Å². The molecular formula is C34H32N4O3. The molecule has 1 atom stereocenters. The summed E-state index contributed by atoms with van der Waals surface area (Å²) in [4.78, 5) is 34.2. The predicted molar refractivity (Wildman–Crippen MR) is 164 cm³/mol. The molecule has 0 unspecified atom stereocenters. The lowest BCUT2D eigenvalue weighted by Crippen LogP contribution is -2.43. The second-order valence-electron chi connectivity index (χ2n) is 10.2. The summed E-state index contributed by atoms with van der Waals surface area (Å²) < 4.78 is 2.27. The van der Waals surface area contributed by atoms with Crippen molar-refractivity contribution >= 4 is 45.0 Å². The van der Waals surface area contributed by atoms with Crippen molar-refractivity contribution in [2.75, 3.05) is 18.5 Å². The van der Waals surface area contributed by atoms with Gasteiger partial charge in [-0.25, -0.2) is 0 Å². The molecule has 1 fully saturated rings. The molecule has 4 aromatic carbocycles. The number of nitrogens with one attached hydrogen (secondary N) is 1. The summed E-state index contributed by atoms with van der Waals surface area (Å²) in [5, 5.41) is 9.48. The molecule has 41 heavy (non-hydrogen) atoms. The van der Waals surface area contributed by atoms with Crippen LogP contribution >= 0.6 is 0 Å². The minimum Gasteiger partial charge on any atom is -0.396 e. The van der Waals surface area contributed by atoms with Crippen LogP contribution in [0.25, 0.3) is 32.9 Å². The van der Waals surface area contributed by atoms with Crippen LogP contribution in [0.1, 0.15) is 30.6 Å². The van der Waals surface area contributed by atoms with Gasteiger partial charge in [0, 0.05) is 46.0 Å². The van der Waals surface area contributed by atoms with Gasteiger partial charge in [0.2, 0.25) is 5.91 Å². The molecule has 1 aliphatic rings. The Morgan fingerprint density at radius 2 is 1.56 bits per heavy atom. The van der Waals surface area contributed by atoms with E-state index in [9.17, 15) is 9.59 Å². The summed E-state index contributed by atoms with van der Waals surface area (Å²) in [5.41, 5.74) is 6.27. The number of benzene rings is 4. The molecule has 0 aliphatic carbocycles. The van der Waals surface area contributed by atoms with E-state index < -0.39 is 6.04 Å². The van der Waals surface area contributed by atoms with E-state index in [1.165, 1.54) is 0 Å². The summed E-state index contributed by atoms with van der Waals surface area (Å²) in [6.07, 6.45) is 0.317. The lowest BCUT2D eigenvalue weighted by molar-refractivity contribution is -0.119. The number of nitrogens with zero attached hydrogens (tertiary/aromatic N) is 3. The highest BCUT2D eigenvalue weighted by atomic mass is 16.6. The monoisotopic (exact) mass is 544 g/mol. The first kappa shape index (κ1) is 26.3. The van der Waals surface area contributed by atoms with Crippen molar-refractivity contribution in [3.8, 4) is 11.1 Å². The standard InChI is InChI=1S/C34H32N4O3/c1-3-37-30-13-9-8-12-28(30)29-20-26(18-19-31(29)37)35-33(39)32-21-27(36-41-4-2)22-38(32)34(40)25-16-14-24(15-17-25)23-10-6-5-7-11-23/h5-20,32H,3-4,21-22H2,1-2H3,(H,35,39)/t32-/m0/s1. The van der Waals surface area contributed by atoms with E-state index in [1.807, 2.05) is 91.9 Å². The van der Waals surface area contributed by atoms with Gasteiger partial charge in [-0.3, -0.25) is 9.59 Å². The molecule has 2 amide bonds. The van der Waals surface area contributed by atoms with E-state index in [4.69, 9.17) is 4.84 Å². The Morgan fingerprint density at radius 3 is 2.32 bits per heavy atom. The SMILES string of the molecule is CCON=C1C[C@@H](C(=O)Nc2ccc3c(c2)c2ccccc2n3CC)N(C(=O)c2ccc(-c3ccccc3)cc2)C1. The highest BCUT2D eigenvalue weighted by Gasteiger charge is 2.38. The zero-order valence-electron chi connectivity index (χ0n) is 23.2. The van der Waals surface area contributed by atoms with Crippen LogP contribution in [0.15, 0.2) is 102 Å². The quantitative estimate of drug-likeness (QED) is 0.231. The fourth-order valence-electron chi connectivity index (χ4n) is 5.67. The number of oxime groups is 1. The van der Waals surface area contributed by atoms with Crippen molar-refractivity contribution in [1.82, 2.24) is 9.47 Å². The fourth-order valence-corrected chi connectivity index (χ4v) is 5.67. The van der Waals surface area contributed by atoms with Crippen LogP contribution in [-0.2, 0) is 16.2 Å². The molecule has 206 valence electrons. The molecule has 2 heterocycles. The van der Waals surface area contributed by atoms with Gasteiger partial charge in [-0.1, -0.05) is 65.8 Å². The Kier molecular flexibility index (Phi) is 7.25. The van der Waals surface area contributed by atoms with E-state index in [2.05, 4.69) is 34.1 Å². The molecule has 5 aromatic rings. The van der Waals surface area contributed by atoms with Gasteiger partial charge in [0.15, 0.2) is 0 Å². The van der Waals surface area contributed by atoms with Gasteiger partial charge >= 0.3 is 0 Å². The molecule has 0 radical (unpaired) electrons. The van der Waals surface area contributed by atoms with Crippen LogP contribution < -0.4 is 5.32 Å². The van der Waals surface area contributed by atoms with Crippen LogP contribution in [0.4, 0.5) is 5.69 Å². The van der Waals surface area contributed by atoms with E-state index in [0.29, 0.717) is 30.0 Å². The van der Waals surface area contributed by atoms with Crippen LogP contribution in [0.5, 0.6) is 0 Å². The van der Waals surface area contributed by atoms with Crippen LogP contribution in [0, 0.1) is 0 Å². The number of hydrogen-bond donors (Lipinski definition) is 1. The van der Waals surface area contributed by atoms with E-state index in [0.717, 1.165) is 39.5 Å². The van der Waals surface area contributed by atoms with Crippen LogP contribution in [-0.4, -0.2) is 46.2 Å². The predicted octanol–water partition coefficient (Wildman–Crippen LogP) is 6.73. The molecule has 7 nitrogen and oxygen atoms in total. The van der Waals surface area contributed by atoms with Crippen molar-refractivity contribution in [2.24, 2.45) is 5.16 Å². The normalized spacial score (nSPS) is 16.0. The number of aromatic nitrogens is 1. The molecule has 6 rings (SSSR count). The second-order valence-corrected chi connectivity index (χ2v) is 10.2. The summed E-state index contributed by atoms with van der Waals surface area (Å²) in [5.74, 6) is -0.465. The average Bonchev–Trinajstić information content (AvgIpc) is 3.59. The highest BCUT2D eigenvalue weighted by molar-refractivity contribution is 6.11.